The monoisotopic (exact) mass is 349 g/mol. The summed E-state index contributed by atoms with van der Waals surface area (Å²) in [4.78, 5) is 30.8. The third-order valence-corrected chi connectivity index (χ3v) is 5.32. The number of rotatable bonds is 5. The fraction of sp³-hybridized carbons (Fsp3) is 0.625. The summed E-state index contributed by atoms with van der Waals surface area (Å²) in [6.45, 7) is 5.94. The van der Waals surface area contributed by atoms with Gasteiger partial charge in [0.1, 0.15) is 11.5 Å². The zero-order chi connectivity index (χ0) is 17.1. The molecular formula is C16H23N5O2S. The molecule has 0 aliphatic carbocycles. The van der Waals surface area contributed by atoms with E-state index in [-0.39, 0.29) is 17.5 Å². The number of aromatic nitrogens is 4. The van der Waals surface area contributed by atoms with Gasteiger partial charge in [-0.15, -0.1) is 11.3 Å². The average molecular weight is 349 g/mol. The lowest BCUT2D eigenvalue weighted by atomic mass is 9.97. The van der Waals surface area contributed by atoms with Crippen molar-refractivity contribution in [3.8, 4) is 0 Å². The van der Waals surface area contributed by atoms with E-state index in [0.717, 1.165) is 43.1 Å². The summed E-state index contributed by atoms with van der Waals surface area (Å²) in [6, 6.07) is 0. The Morgan fingerprint density at radius 1 is 1.46 bits per heavy atom. The number of nitrogens with one attached hydrogen (secondary N) is 1. The van der Waals surface area contributed by atoms with Crippen LogP contribution in [0.15, 0.2) is 10.2 Å². The van der Waals surface area contributed by atoms with Crippen molar-refractivity contribution in [1.29, 1.82) is 0 Å². The molecule has 1 atom stereocenters. The van der Waals surface area contributed by atoms with Gasteiger partial charge in [0.15, 0.2) is 0 Å². The minimum absolute atomic E-state index is 0.0146. The molecule has 1 aliphatic heterocycles. The Kier molecular flexibility index (Phi) is 5.13. The average Bonchev–Trinajstić information content (AvgIpc) is 3.21. The zero-order valence-electron chi connectivity index (χ0n) is 14.1. The first-order chi connectivity index (χ1) is 11.6. The van der Waals surface area contributed by atoms with Crippen LogP contribution in [0, 0.1) is 0 Å². The Hall–Kier alpha value is -1.96. The summed E-state index contributed by atoms with van der Waals surface area (Å²) in [5, 5.41) is 9.57. The summed E-state index contributed by atoms with van der Waals surface area (Å²) in [5.41, 5.74) is 0.360. The number of thiazole rings is 1. The van der Waals surface area contributed by atoms with E-state index >= 15 is 0 Å². The second kappa shape index (κ2) is 7.29. The van der Waals surface area contributed by atoms with Gasteiger partial charge in [0, 0.05) is 30.9 Å². The number of hydrogen-bond acceptors (Lipinski definition) is 5. The number of H-pyrrole nitrogens is 1. The van der Waals surface area contributed by atoms with Gasteiger partial charge in [-0.25, -0.2) is 14.9 Å². The fourth-order valence-electron chi connectivity index (χ4n) is 3.22. The van der Waals surface area contributed by atoms with Gasteiger partial charge in [-0.1, -0.05) is 6.92 Å². The van der Waals surface area contributed by atoms with Crippen molar-refractivity contribution < 1.29 is 4.79 Å². The lowest BCUT2D eigenvalue weighted by molar-refractivity contribution is 0.0698. The molecule has 0 aromatic carbocycles. The molecule has 3 rings (SSSR count). The molecule has 1 aliphatic rings. The summed E-state index contributed by atoms with van der Waals surface area (Å²) in [5.74, 6) is 0.833. The van der Waals surface area contributed by atoms with Crippen molar-refractivity contribution in [2.45, 2.75) is 52.0 Å². The first-order valence-electron chi connectivity index (χ1n) is 8.52. The molecule has 0 bridgehead atoms. The van der Waals surface area contributed by atoms with Crippen LogP contribution in [0.4, 0.5) is 0 Å². The highest BCUT2D eigenvalue weighted by atomic mass is 32.1. The molecule has 2 aromatic rings. The molecule has 130 valence electrons. The highest BCUT2D eigenvalue weighted by molar-refractivity contribution is 7.09. The Morgan fingerprint density at radius 2 is 2.29 bits per heavy atom. The predicted molar refractivity (Wildman–Crippen MR) is 92.5 cm³/mol. The quantitative estimate of drug-likeness (QED) is 0.895. The van der Waals surface area contributed by atoms with Crippen LogP contribution >= 0.6 is 11.3 Å². The molecule has 1 N–H and O–H groups in total. The van der Waals surface area contributed by atoms with E-state index in [1.807, 2.05) is 17.2 Å². The minimum Gasteiger partial charge on any atom is -0.337 e. The third-order valence-electron chi connectivity index (χ3n) is 4.41. The number of piperidine rings is 1. The second-order valence-electron chi connectivity index (χ2n) is 6.10. The Labute approximate surface area is 144 Å². The number of amides is 1. The van der Waals surface area contributed by atoms with E-state index in [1.54, 1.807) is 15.9 Å². The van der Waals surface area contributed by atoms with Crippen LogP contribution in [0.5, 0.6) is 0 Å². The van der Waals surface area contributed by atoms with Gasteiger partial charge >= 0.3 is 5.69 Å². The Balaban J connectivity index is 1.74. The number of hydrogen-bond donors (Lipinski definition) is 1. The standard InChI is InChI=1S/C16H23N5O2S/c1-3-6-13-17-12(10-24-13)15(22)20-8-5-7-11(9-20)14-18-19-16(23)21(14)4-2/h10-11H,3-9H2,1-2H3,(H,19,23). The lowest BCUT2D eigenvalue weighted by Gasteiger charge is -2.31. The molecule has 1 fully saturated rings. The molecule has 24 heavy (non-hydrogen) atoms. The fourth-order valence-corrected chi connectivity index (χ4v) is 4.09. The summed E-state index contributed by atoms with van der Waals surface area (Å²) >= 11 is 1.55. The first-order valence-corrected chi connectivity index (χ1v) is 9.40. The van der Waals surface area contributed by atoms with Crippen LogP contribution in [0.2, 0.25) is 0 Å². The largest absolute Gasteiger partial charge is 0.343 e. The Bertz CT molecular complexity index is 763. The highest BCUT2D eigenvalue weighted by Gasteiger charge is 2.29. The number of aromatic amines is 1. The lowest BCUT2D eigenvalue weighted by Crippen LogP contribution is -2.40. The number of carbonyl (C=O) groups excluding carboxylic acids is 1. The SMILES string of the molecule is CCCc1nc(C(=O)N2CCCC(c3n[nH]c(=O)n3CC)C2)cs1. The normalized spacial score (nSPS) is 18.1. The highest BCUT2D eigenvalue weighted by Crippen LogP contribution is 2.26. The molecular weight excluding hydrogens is 326 g/mol. The van der Waals surface area contributed by atoms with Gasteiger partial charge in [-0.05, 0) is 32.6 Å². The van der Waals surface area contributed by atoms with Gasteiger partial charge in [-0.2, -0.15) is 5.10 Å². The Morgan fingerprint density at radius 3 is 3.04 bits per heavy atom. The summed E-state index contributed by atoms with van der Waals surface area (Å²) < 4.78 is 1.65. The van der Waals surface area contributed by atoms with E-state index in [9.17, 15) is 9.59 Å². The van der Waals surface area contributed by atoms with E-state index < -0.39 is 0 Å². The predicted octanol–water partition coefficient (Wildman–Crippen LogP) is 2.02. The van der Waals surface area contributed by atoms with E-state index in [1.165, 1.54) is 0 Å². The topological polar surface area (TPSA) is 83.9 Å². The maximum atomic E-state index is 12.7. The molecule has 1 amide bonds. The first kappa shape index (κ1) is 16.9. The molecule has 0 radical (unpaired) electrons. The molecule has 8 heteroatoms. The third kappa shape index (κ3) is 3.28. The van der Waals surface area contributed by atoms with E-state index in [0.29, 0.717) is 18.8 Å². The van der Waals surface area contributed by atoms with E-state index in [4.69, 9.17) is 0 Å². The van der Waals surface area contributed by atoms with Crippen LogP contribution in [0.1, 0.15) is 60.3 Å². The van der Waals surface area contributed by atoms with Crippen LogP contribution in [0.25, 0.3) is 0 Å². The van der Waals surface area contributed by atoms with E-state index in [2.05, 4.69) is 22.1 Å². The minimum atomic E-state index is -0.181. The molecule has 1 unspecified atom stereocenters. The smallest absolute Gasteiger partial charge is 0.337 e. The molecule has 2 aromatic heterocycles. The van der Waals surface area contributed by atoms with Gasteiger partial charge < -0.3 is 4.90 Å². The summed E-state index contributed by atoms with van der Waals surface area (Å²) in [7, 11) is 0. The maximum absolute atomic E-state index is 12.7. The van der Waals surface area contributed by atoms with Gasteiger partial charge in [-0.3, -0.25) is 9.36 Å². The maximum Gasteiger partial charge on any atom is 0.343 e. The molecule has 7 nitrogen and oxygen atoms in total. The number of carbonyl (C=O) groups is 1. The van der Waals surface area contributed by atoms with Crippen molar-refractivity contribution in [2.75, 3.05) is 13.1 Å². The second-order valence-corrected chi connectivity index (χ2v) is 7.04. The van der Waals surface area contributed by atoms with Crippen LogP contribution in [-0.2, 0) is 13.0 Å². The van der Waals surface area contributed by atoms with Crippen molar-refractivity contribution >= 4 is 17.2 Å². The van der Waals surface area contributed by atoms with Gasteiger partial charge in [0.25, 0.3) is 5.91 Å². The molecule has 3 heterocycles. The van der Waals surface area contributed by atoms with Gasteiger partial charge in [0.05, 0.1) is 5.01 Å². The van der Waals surface area contributed by atoms with Crippen LogP contribution < -0.4 is 5.69 Å². The van der Waals surface area contributed by atoms with Crippen LogP contribution in [-0.4, -0.2) is 43.6 Å². The number of nitrogens with zero attached hydrogens (tertiary/aromatic N) is 4. The van der Waals surface area contributed by atoms with Gasteiger partial charge in [0.2, 0.25) is 0 Å². The molecule has 1 saturated heterocycles. The molecule has 0 spiro atoms. The van der Waals surface area contributed by atoms with Crippen molar-refractivity contribution in [2.24, 2.45) is 0 Å². The number of aryl methyl sites for hydroxylation is 1. The zero-order valence-corrected chi connectivity index (χ0v) is 14.9. The van der Waals surface area contributed by atoms with Crippen molar-refractivity contribution in [1.82, 2.24) is 24.6 Å². The van der Waals surface area contributed by atoms with Crippen molar-refractivity contribution in [3.05, 3.63) is 32.4 Å². The summed E-state index contributed by atoms with van der Waals surface area (Å²) in [6.07, 6.45) is 3.79. The number of likely N-dealkylation sites (tertiary alicyclic amines) is 1. The van der Waals surface area contributed by atoms with Crippen LogP contribution in [0.3, 0.4) is 0 Å². The van der Waals surface area contributed by atoms with Crippen molar-refractivity contribution in [3.63, 3.8) is 0 Å². The molecule has 0 saturated carbocycles.